The monoisotopic (exact) mass is 316 g/mol. The molecule has 0 aliphatic rings. The fourth-order valence-corrected chi connectivity index (χ4v) is 2.59. The molecule has 2 rings (SSSR count). The molecule has 0 heterocycles. The fourth-order valence-electron chi connectivity index (χ4n) is 1.79. The minimum atomic E-state index is -1.65. The molecule has 2 aromatic carbocycles. The number of Topliss-reactive ketones (excluding diaryl/α,β-unsaturated/α-hetero) is 1. The van der Waals surface area contributed by atoms with Crippen molar-refractivity contribution in [2.45, 2.75) is 0 Å². The lowest BCUT2D eigenvalue weighted by Crippen LogP contribution is -2.13. The molecular formula is C17H16O4S. The Morgan fingerprint density at radius 1 is 1.09 bits per heavy atom. The van der Waals surface area contributed by atoms with Gasteiger partial charge in [-0.2, -0.15) is 0 Å². The van der Waals surface area contributed by atoms with Crippen LogP contribution in [0.2, 0.25) is 0 Å². The van der Waals surface area contributed by atoms with E-state index in [2.05, 4.69) is 6.58 Å². The van der Waals surface area contributed by atoms with Crippen molar-refractivity contribution in [3.8, 4) is 11.5 Å². The van der Waals surface area contributed by atoms with Crippen LogP contribution in [-0.4, -0.2) is 22.9 Å². The first kappa shape index (κ1) is 16.0. The first-order valence-corrected chi connectivity index (χ1v) is 7.83. The van der Waals surface area contributed by atoms with Crippen molar-refractivity contribution in [1.29, 1.82) is 0 Å². The summed E-state index contributed by atoms with van der Waals surface area (Å²) in [6.07, 6.45) is 0. The minimum absolute atomic E-state index is 0.0507. The summed E-state index contributed by atoms with van der Waals surface area (Å²) in [4.78, 5) is 12.3. The molecule has 0 radical (unpaired) electrons. The Morgan fingerprint density at radius 2 is 1.77 bits per heavy atom. The third-order valence-electron chi connectivity index (χ3n) is 2.88. The maximum absolute atomic E-state index is 12.3. The Labute approximate surface area is 132 Å². The minimum Gasteiger partial charge on any atom is -0.497 e. The van der Waals surface area contributed by atoms with Gasteiger partial charge in [-0.1, -0.05) is 36.9 Å². The molecule has 0 saturated carbocycles. The molecule has 0 amide bonds. The highest BCUT2D eigenvalue weighted by atomic mass is 32.2. The van der Waals surface area contributed by atoms with Gasteiger partial charge in [-0.05, 0) is 24.3 Å². The van der Waals surface area contributed by atoms with Crippen molar-refractivity contribution >= 4 is 16.9 Å². The summed E-state index contributed by atoms with van der Waals surface area (Å²) in [6, 6.07) is 15.5. The molecule has 5 heteroatoms. The maximum Gasteiger partial charge on any atom is 0.211 e. The van der Waals surface area contributed by atoms with Crippen LogP contribution in [-0.2, 0) is 11.1 Å². The quantitative estimate of drug-likeness (QED) is 0.581. The number of methoxy groups -OCH3 is 1. The first-order chi connectivity index (χ1) is 10.6. The van der Waals surface area contributed by atoms with Crippen molar-refractivity contribution in [1.82, 2.24) is 0 Å². The van der Waals surface area contributed by atoms with Crippen LogP contribution >= 0.6 is 0 Å². The van der Waals surface area contributed by atoms with Crippen LogP contribution < -0.4 is 8.92 Å². The average Bonchev–Trinajstić information content (AvgIpc) is 2.55. The second kappa shape index (κ2) is 7.56. The van der Waals surface area contributed by atoms with E-state index in [1.54, 1.807) is 48.5 Å². The van der Waals surface area contributed by atoms with E-state index < -0.39 is 11.1 Å². The second-order valence-electron chi connectivity index (χ2n) is 4.51. The van der Waals surface area contributed by atoms with Gasteiger partial charge in [0.25, 0.3) is 0 Å². The van der Waals surface area contributed by atoms with E-state index in [1.165, 1.54) is 7.11 Å². The number of carbonyl (C=O) groups excluding carboxylic acids is 1. The average molecular weight is 316 g/mol. The van der Waals surface area contributed by atoms with Gasteiger partial charge in [0.2, 0.25) is 11.1 Å². The van der Waals surface area contributed by atoms with E-state index in [-0.39, 0.29) is 17.1 Å². The predicted molar refractivity (Wildman–Crippen MR) is 86.5 cm³/mol. The summed E-state index contributed by atoms with van der Waals surface area (Å²) < 4.78 is 22.3. The Kier molecular flexibility index (Phi) is 5.49. The molecule has 0 aliphatic heterocycles. The number of hydrogen-bond donors (Lipinski definition) is 0. The molecule has 4 nitrogen and oxygen atoms in total. The zero-order chi connectivity index (χ0) is 15.9. The summed E-state index contributed by atoms with van der Waals surface area (Å²) >= 11 is -1.65. The highest BCUT2D eigenvalue weighted by molar-refractivity contribution is 7.80. The highest BCUT2D eigenvalue weighted by Crippen LogP contribution is 2.17. The number of para-hydroxylation sites is 1. The Balaban J connectivity index is 1.99. The van der Waals surface area contributed by atoms with Crippen LogP contribution in [0.1, 0.15) is 10.4 Å². The molecule has 22 heavy (non-hydrogen) atoms. The van der Waals surface area contributed by atoms with Crippen LogP contribution in [0, 0.1) is 0 Å². The molecule has 0 saturated heterocycles. The van der Waals surface area contributed by atoms with Gasteiger partial charge in [0.05, 0.1) is 12.9 Å². The lowest BCUT2D eigenvalue weighted by molar-refractivity contribution is 0.103. The topological polar surface area (TPSA) is 52.6 Å². The zero-order valence-corrected chi connectivity index (χ0v) is 13.0. The lowest BCUT2D eigenvalue weighted by atomic mass is 10.1. The van der Waals surface area contributed by atoms with Crippen molar-refractivity contribution < 1.29 is 17.9 Å². The van der Waals surface area contributed by atoms with Crippen molar-refractivity contribution in [2.75, 3.05) is 12.9 Å². The number of benzene rings is 2. The number of carbonyl (C=O) groups is 1. The highest BCUT2D eigenvalue weighted by Gasteiger charge is 2.15. The molecule has 0 aromatic heterocycles. The van der Waals surface area contributed by atoms with Gasteiger partial charge in [0.1, 0.15) is 11.5 Å². The molecule has 1 atom stereocenters. The lowest BCUT2D eigenvalue weighted by Gasteiger charge is -2.07. The third-order valence-corrected chi connectivity index (χ3v) is 3.84. The summed E-state index contributed by atoms with van der Waals surface area (Å²) in [5.74, 6) is 0.747. The normalized spacial score (nSPS) is 11.5. The molecule has 0 bridgehead atoms. The summed E-state index contributed by atoms with van der Waals surface area (Å²) in [5.41, 5.74) is 0.670. The van der Waals surface area contributed by atoms with Gasteiger partial charge in [-0.15, -0.1) is 0 Å². The third kappa shape index (κ3) is 4.30. The van der Waals surface area contributed by atoms with E-state index >= 15 is 0 Å². The molecular weight excluding hydrogens is 300 g/mol. The van der Waals surface area contributed by atoms with Crippen LogP contribution in [0.3, 0.4) is 0 Å². The number of ketones is 1. The predicted octanol–water partition coefficient (Wildman–Crippen LogP) is 3.18. The van der Waals surface area contributed by atoms with Crippen LogP contribution in [0.25, 0.3) is 0 Å². The van der Waals surface area contributed by atoms with Gasteiger partial charge in [0, 0.05) is 11.1 Å². The van der Waals surface area contributed by atoms with Crippen LogP contribution in [0.4, 0.5) is 0 Å². The summed E-state index contributed by atoms with van der Waals surface area (Å²) in [5, 5.41) is 0. The van der Waals surface area contributed by atoms with E-state index in [0.29, 0.717) is 17.1 Å². The number of ether oxygens (including phenoxy) is 1. The number of hydrogen-bond acceptors (Lipinski definition) is 4. The van der Waals surface area contributed by atoms with Crippen molar-refractivity contribution in [2.24, 2.45) is 0 Å². The van der Waals surface area contributed by atoms with Gasteiger partial charge < -0.3 is 8.92 Å². The molecule has 2 aromatic rings. The molecule has 114 valence electrons. The Bertz CT molecular complexity index is 695. The molecule has 1 unspecified atom stereocenters. The molecule has 0 fully saturated rings. The SMILES string of the molecule is C=C(CS(=O)Oc1ccccc1)C(=O)c1cccc(OC)c1. The Morgan fingerprint density at radius 3 is 2.45 bits per heavy atom. The van der Waals surface area contributed by atoms with Gasteiger partial charge in [-0.3, -0.25) is 4.79 Å². The van der Waals surface area contributed by atoms with Crippen LogP contribution in [0.15, 0.2) is 66.7 Å². The fraction of sp³-hybridized carbons (Fsp3) is 0.118. The zero-order valence-electron chi connectivity index (χ0n) is 12.2. The Hall–Kier alpha value is -2.40. The second-order valence-corrected chi connectivity index (χ2v) is 5.57. The standard InChI is InChI=1S/C17H16O4S/c1-13(12-22(19)21-15-8-4-3-5-9-15)17(18)14-7-6-10-16(11-14)20-2/h3-11H,1,12H2,2H3. The van der Waals surface area contributed by atoms with E-state index in [0.717, 1.165) is 0 Å². The molecule has 0 aliphatic carbocycles. The molecule has 0 spiro atoms. The number of rotatable bonds is 7. The largest absolute Gasteiger partial charge is 0.497 e. The van der Waals surface area contributed by atoms with E-state index in [1.807, 2.05) is 6.07 Å². The van der Waals surface area contributed by atoms with E-state index in [4.69, 9.17) is 8.92 Å². The molecule has 0 N–H and O–H groups in total. The first-order valence-electron chi connectivity index (χ1n) is 6.58. The maximum atomic E-state index is 12.3. The van der Waals surface area contributed by atoms with Gasteiger partial charge >= 0.3 is 0 Å². The van der Waals surface area contributed by atoms with E-state index in [9.17, 15) is 9.00 Å². The summed E-state index contributed by atoms with van der Waals surface area (Å²) in [6.45, 7) is 3.70. The van der Waals surface area contributed by atoms with Gasteiger partial charge in [-0.25, -0.2) is 4.21 Å². The smallest absolute Gasteiger partial charge is 0.211 e. The van der Waals surface area contributed by atoms with Gasteiger partial charge in [0.15, 0.2) is 5.78 Å². The van der Waals surface area contributed by atoms with Crippen molar-refractivity contribution in [3.63, 3.8) is 0 Å². The van der Waals surface area contributed by atoms with Crippen molar-refractivity contribution in [3.05, 3.63) is 72.3 Å². The van der Waals surface area contributed by atoms with Crippen LogP contribution in [0.5, 0.6) is 11.5 Å². The summed E-state index contributed by atoms with van der Waals surface area (Å²) in [7, 11) is 1.53.